The van der Waals surface area contributed by atoms with Crippen LogP contribution in [0, 0.1) is 0 Å². The second-order valence-corrected chi connectivity index (χ2v) is 4.63. The van der Waals surface area contributed by atoms with E-state index in [-0.39, 0.29) is 0 Å². The summed E-state index contributed by atoms with van der Waals surface area (Å²) < 4.78 is 10.9. The van der Waals surface area contributed by atoms with Crippen molar-refractivity contribution in [1.82, 2.24) is 0 Å². The van der Waals surface area contributed by atoms with Gasteiger partial charge < -0.3 is 15.2 Å². The van der Waals surface area contributed by atoms with Gasteiger partial charge in [-0.05, 0) is 12.1 Å². The van der Waals surface area contributed by atoms with Gasteiger partial charge in [0.1, 0.15) is 11.4 Å². The molecule has 1 unspecified atom stereocenters. The van der Waals surface area contributed by atoms with Crippen molar-refractivity contribution in [1.29, 1.82) is 0 Å². The van der Waals surface area contributed by atoms with Gasteiger partial charge in [0, 0.05) is 5.56 Å². The molecule has 2 aromatic carbocycles. The molecule has 1 aliphatic heterocycles. The van der Waals surface area contributed by atoms with Crippen molar-refractivity contribution in [3.63, 3.8) is 0 Å². The van der Waals surface area contributed by atoms with E-state index >= 15 is 0 Å². The van der Waals surface area contributed by atoms with E-state index < -0.39 is 6.35 Å². The van der Waals surface area contributed by atoms with Gasteiger partial charge in [0.2, 0.25) is 12.2 Å². The quantitative estimate of drug-likeness (QED) is 0.902. The molecule has 0 radical (unpaired) electrons. The van der Waals surface area contributed by atoms with Gasteiger partial charge >= 0.3 is 0 Å². The fourth-order valence-electron chi connectivity index (χ4n) is 2.45. The molecule has 0 aromatic heterocycles. The van der Waals surface area contributed by atoms with E-state index in [1.54, 1.807) is 7.11 Å². The van der Waals surface area contributed by atoms with Gasteiger partial charge in [-0.1, -0.05) is 42.5 Å². The minimum absolute atomic E-state index is 0.305. The summed E-state index contributed by atoms with van der Waals surface area (Å²) in [5, 5.41) is 0. The highest BCUT2D eigenvalue weighted by Gasteiger charge is 2.33. The molecule has 1 atom stereocenters. The lowest BCUT2D eigenvalue weighted by Gasteiger charge is -2.26. The minimum Gasteiger partial charge on any atom is -0.495 e. The minimum atomic E-state index is -0.684. The fourth-order valence-corrected chi connectivity index (χ4v) is 2.45. The Morgan fingerprint density at radius 2 is 1.71 bits per heavy atom. The topological polar surface area (TPSA) is 73.7 Å². The molecule has 3 rings (SSSR count). The molecule has 4 N–H and O–H groups in total. The highest BCUT2D eigenvalue weighted by molar-refractivity contribution is 5.84. The van der Waals surface area contributed by atoms with Crippen LogP contribution in [-0.4, -0.2) is 13.5 Å². The maximum absolute atomic E-state index is 6.08. The smallest absolute Gasteiger partial charge is 0.233 e. The van der Waals surface area contributed by atoms with Gasteiger partial charge in [-0.3, -0.25) is 10.6 Å². The third-order valence-corrected chi connectivity index (χ3v) is 3.37. The first-order valence-electron chi connectivity index (χ1n) is 6.62. The van der Waals surface area contributed by atoms with Gasteiger partial charge in [-0.25, -0.2) is 0 Å². The molecule has 0 spiro atoms. The second-order valence-electron chi connectivity index (χ2n) is 4.63. The molecule has 0 saturated heterocycles. The largest absolute Gasteiger partial charge is 0.495 e. The summed E-state index contributed by atoms with van der Waals surface area (Å²) in [6.45, 7) is 0. The van der Waals surface area contributed by atoms with Crippen LogP contribution in [0.5, 0.6) is 5.75 Å². The average Bonchev–Trinajstić information content (AvgIpc) is 2.82. The van der Waals surface area contributed by atoms with Gasteiger partial charge in [0.05, 0.1) is 12.8 Å². The molecule has 0 saturated carbocycles. The standard InChI is InChI=1S/C16H17N3O2/c1-20-13-10-6-5-9-12(13)19-14(15(17)21-16(19)18)11-7-3-2-4-8-11/h2-10,16H,17-18H2,1H3. The zero-order valence-electron chi connectivity index (χ0n) is 11.7. The molecular formula is C16H17N3O2. The van der Waals surface area contributed by atoms with Gasteiger partial charge in [0.25, 0.3) is 0 Å². The van der Waals surface area contributed by atoms with Crippen LogP contribution in [0.25, 0.3) is 5.70 Å². The molecule has 2 aromatic rings. The maximum Gasteiger partial charge on any atom is 0.233 e. The first kappa shape index (κ1) is 13.3. The lowest BCUT2D eigenvalue weighted by atomic mass is 10.1. The van der Waals surface area contributed by atoms with Gasteiger partial charge in [-0.2, -0.15) is 0 Å². The fraction of sp³-hybridized carbons (Fsp3) is 0.125. The number of ether oxygens (including phenoxy) is 2. The van der Waals surface area contributed by atoms with Crippen LogP contribution in [0.4, 0.5) is 5.69 Å². The molecule has 1 aliphatic rings. The molecule has 108 valence electrons. The van der Waals surface area contributed by atoms with Crippen LogP contribution in [0.15, 0.2) is 60.5 Å². The molecule has 0 fully saturated rings. The van der Waals surface area contributed by atoms with Crippen LogP contribution in [0.3, 0.4) is 0 Å². The van der Waals surface area contributed by atoms with Crippen LogP contribution >= 0.6 is 0 Å². The van der Waals surface area contributed by atoms with E-state index in [0.29, 0.717) is 11.6 Å². The lowest BCUT2D eigenvalue weighted by Crippen LogP contribution is -2.38. The number of nitrogens with two attached hydrogens (primary N) is 2. The predicted octanol–water partition coefficient (Wildman–Crippen LogP) is 2.06. The number of nitrogens with zero attached hydrogens (tertiary/aromatic N) is 1. The van der Waals surface area contributed by atoms with Crippen LogP contribution < -0.4 is 21.1 Å². The lowest BCUT2D eigenvalue weighted by molar-refractivity contribution is 0.148. The van der Waals surface area contributed by atoms with Crippen molar-refractivity contribution in [3.05, 3.63) is 66.0 Å². The Bertz CT molecular complexity index is 670. The van der Waals surface area contributed by atoms with E-state index in [0.717, 1.165) is 16.9 Å². The summed E-state index contributed by atoms with van der Waals surface area (Å²) in [5.41, 5.74) is 14.6. The van der Waals surface area contributed by atoms with Crippen LogP contribution in [0.1, 0.15) is 5.56 Å². The monoisotopic (exact) mass is 283 g/mol. The molecule has 1 heterocycles. The van der Waals surface area contributed by atoms with Crippen LogP contribution in [0.2, 0.25) is 0 Å². The molecule has 5 heteroatoms. The second kappa shape index (κ2) is 5.38. The normalized spacial score (nSPS) is 17.8. The summed E-state index contributed by atoms with van der Waals surface area (Å²) in [7, 11) is 1.62. The van der Waals surface area contributed by atoms with Gasteiger partial charge in [0.15, 0.2) is 0 Å². The van der Waals surface area contributed by atoms with Gasteiger partial charge in [-0.15, -0.1) is 0 Å². The zero-order chi connectivity index (χ0) is 14.8. The number of hydrogen-bond acceptors (Lipinski definition) is 5. The molecule has 0 bridgehead atoms. The SMILES string of the molecule is COc1ccccc1N1C(c2ccccc2)=C(N)OC1N. The average molecular weight is 283 g/mol. The highest BCUT2D eigenvalue weighted by Crippen LogP contribution is 2.39. The highest BCUT2D eigenvalue weighted by atomic mass is 16.5. The Labute approximate surface area is 123 Å². The van der Waals surface area contributed by atoms with E-state index in [1.807, 2.05) is 59.5 Å². The predicted molar refractivity (Wildman–Crippen MR) is 82.1 cm³/mol. The zero-order valence-corrected chi connectivity index (χ0v) is 11.7. The Kier molecular flexibility index (Phi) is 3.41. The Morgan fingerprint density at radius 3 is 2.43 bits per heavy atom. The Morgan fingerprint density at radius 1 is 1.05 bits per heavy atom. The van der Waals surface area contributed by atoms with E-state index in [1.165, 1.54) is 0 Å². The van der Waals surface area contributed by atoms with E-state index in [9.17, 15) is 0 Å². The molecule has 21 heavy (non-hydrogen) atoms. The molecule has 5 nitrogen and oxygen atoms in total. The van der Waals surface area contributed by atoms with Crippen molar-refractivity contribution in [2.75, 3.05) is 12.0 Å². The summed E-state index contributed by atoms with van der Waals surface area (Å²) in [4.78, 5) is 1.84. The summed E-state index contributed by atoms with van der Waals surface area (Å²) in [6, 6.07) is 17.4. The third kappa shape index (κ3) is 2.28. The number of anilines is 1. The van der Waals surface area contributed by atoms with Crippen molar-refractivity contribution in [2.24, 2.45) is 11.5 Å². The number of benzene rings is 2. The van der Waals surface area contributed by atoms with Crippen molar-refractivity contribution >= 4 is 11.4 Å². The van der Waals surface area contributed by atoms with Crippen molar-refractivity contribution in [2.45, 2.75) is 6.35 Å². The molecule has 0 amide bonds. The molecule has 0 aliphatic carbocycles. The summed E-state index contributed by atoms with van der Waals surface area (Å²) in [6.07, 6.45) is -0.684. The Balaban J connectivity index is 2.12. The first-order chi connectivity index (χ1) is 10.2. The Hall–Kier alpha value is -2.66. The third-order valence-electron chi connectivity index (χ3n) is 3.37. The van der Waals surface area contributed by atoms with Crippen LogP contribution in [-0.2, 0) is 4.74 Å². The number of methoxy groups -OCH3 is 1. The number of hydrogen-bond donors (Lipinski definition) is 2. The number of rotatable bonds is 3. The van der Waals surface area contributed by atoms with Crippen molar-refractivity contribution < 1.29 is 9.47 Å². The maximum atomic E-state index is 6.08. The first-order valence-corrected chi connectivity index (χ1v) is 6.62. The van der Waals surface area contributed by atoms with E-state index in [2.05, 4.69) is 0 Å². The van der Waals surface area contributed by atoms with E-state index in [4.69, 9.17) is 20.9 Å². The van der Waals surface area contributed by atoms with Crippen molar-refractivity contribution in [3.8, 4) is 5.75 Å². The molecular weight excluding hydrogens is 266 g/mol. The number of para-hydroxylation sites is 2. The summed E-state index contributed by atoms with van der Waals surface area (Å²) in [5.74, 6) is 1.01. The summed E-state index contributed by atoms with van der Waals surface area (Å²) >= 11 is 0.